The lowest BCUT2D eigenvalue weighted by Crippen LogP contribution is -2.36. The Balaban J connectivity index is 2.00. The molecule has 1 unspecified atom stereocenters. The summed E-state index contributed by atoms with van der Waals surface area (Å²) >= 11 is 0. The van der Waals surface area contributed by atoms with Crippen LogP contribution in [0, 0.1) is 0 Å². The molecule has 1 aliphatic rings. The number of ether oxygens (including phenoxy) is 1. The van der Waals surface area contributed by atoms with Gasteiger partial charge in [-0.1, -0.05) is 12.1 Å². The van der Waals surface area contributed by atoms with E-state index >= 15 is 0 Å². The Morgan fingerprint density at radius 1 is 1.65 bits per heavy atom. The molecular formula is C11H17N3O3. The average molecular weight is 239 g/mol. The zero-order valence-electron chi connectivity index (χ0n) is 10.2. The minimum absolute atomic E-state index is 0.163. The van der Waals surface area contributed by atoms with Crippen molar-refractivity contribution in [3.05, 3.63) is 11.7 Å². The molecule has 2 heterocycles. The summed E-state index contributed by atoms with van der Waals surface area (Å²) in [6.07, 6.45) is 2.57. The molecule has 17 heavy (non-hydrogen) atoms. The van der Waals surface area contributed by atoms with Crippen molar-refractivity contribution in [1.29, 1.82) is 0 Å². The van der Waals surface area contributed by atoms with Crippen molar-refractivity contribution < 1.29 is 14.1 Å². The number of carbonyl (C=O) groups is 1. The van der Waals surface area contributed by atoms with E-state index in [0.717, 1.165) is 25.8 Å². The first-order valence-electron chi connectivity index (χ1n) is 5.88. The fraction of sp³-hybridized carbons (Fsp3) is 0.727. The highest BCUT2D eigenvalue weighted by atomic mass is 16.5. The second-order valence-corrected chi connectivity index (χ2v) is 4.11. The van der Waals surface area contributed by atoms with E-state index in [0.29, 0.717) is 18.3 Å². The number of nitrogens with zero attached hydrogens (tertiary/aromatic N) is 3. The fourth-order valence-corrected chi connectivity index (χ4v) is 2.10. The number of aryl methyl sites for hydroxylation is 1. The van der Waals surface area contributed by atoms with E-state index < -0.39 is 0 Å². The summed E-state index contributed by atoms with van der Waals surface area (Å²) in [5, 5.41) is 3.89. The van der Waals surface area contributed by atoms with Crippen molar-refractivity contribution in [2.75, 3.05) is 13.7 Å². The largest absolute Gasteiger partial charge is 0.468 e. The van der Waals surface area contributed by atoms with Crippen molar-refractivity contribution in [1.82, 2.24) is 15.0 Å². The monoisotopic (exact) mass is 239 g/mol. The van der Waals surface area contributed by atoms with Gasteiger partial charge in [0, 0.05) is 6.42 Å². The second-order valence-electron chi connectivity index (χ2n) is 4.11. The maximum Gasteiger partial charge on any atom is 0.323 e. The van der Waals surface area contributed by atoms with Crippen molar-refractivity contribution in [3.8, 4) is 0 Å². The molecule has 1 atom stereocenters. The molecule has 0 N–H and O–H groups in total. The summed E-state index contributed by atoms with van der Waals surface area (Å²) in [6, 6.07) is -0.163. The molecule has 94 valence electrons. The zero-order valence-corrected chi connectivity index (χ0v) is 10.2. The standard InChI is InChI=1S/C11H17N3O3/c1-3-10-12-9(13-17-10)7-14-6-4-5-8(14)11(15)16-2/h8H,3-7H2,1-2H3. The number of methoxy groups -OCH3 is 1. The third-order valence-corrected chi connectivity index (χ3v) is 2.99. The molecule has 0 bridgehead atoms. The van der Waals surface area contributed by atoms with Gasteiger partial charge in [0.15, 0.2) is 5.82 Å². The summed E-state index contributed by atoms with van der Waals surface area (Å²) in [5.74, 6) is 1.09. The highest BCUT2D eigenvalue weighted by molar-refractivity contribution is 5.75. The van der Waals surface area contributed by atoms with Gasteiger partial charge in [-0.25, -0.2) is 0 Å². The lowest BCUT2D eigenvalue weighted by Gasteiger charge is -2.20. The molecule has 1 aromatic heterocycles. The molecule has 1 saturated heterocycles. The topological polar surface area (TPSA) is 68.5 Å². The fourth-order valence-electron chi connectivity index (χ4n) is 2.10. The summed E-state index contributed by atoms with van der Waals surface area (Å²) in [4.78, 5) is 17.8. The van der Waals surface area contributed by atoms with E-state index in [4.69, 9.17) is 9.26 Å². The van der Waals surface area contributed by atoms with Gasteiger partial charge in [-0.15, -0.1) is 0 Å². The second kappa shape index (κ2) is 5.27. The average Bonchev–Trinajstić information content (AvgIpc) is 2.97. The summed E-state index contributed by atoms with van der Waals surface area (Å²) in [6.45, 7) is 3.38. The van der Waals surface area contributed by atoms with Crippen molar-refractivity contribution in [2.24, 2.45) is 0 Å². The van der Waals surface area contributed by atoms with E-state index in [1.807, 2.05) is 11.8 Å². The van der Waals surface area contributed by atoms with Crippen LogP contribution in [0.15, 0.2) is 4.52 Å². The highest BCUT2D eigenvalue weighted by Crippen LogP contribution is 2.20. The van der Waals surface area contributed by atoms with Gasteiger partial charge in [-0.3, -0.25) is 9.69 Å². The molecular weight excluding hydrogens is 222 g/mol. The Hall–Kier alpha value is -1.43. The van der Waals surface area contributed by atoms with Crippen LogP contribution in [0.5, 0.6) is 0 Å². The number of aromatic nitrogens is 2. The Bertz CT molecular complexity index is 391. The van der Waals surface area contributed by atoms with Crippen LogP contribution in [0.2, 0.25) is 0 Å². The molecule has 0 spiro atoms. The molecule has 1 aliphatic heterocycles. The SMILES string of the molecule is CCc1nc(CN2CCCC2C(=O)OC)no1. The minimum atomic E-state index is -0.179. The summed E-state index contributed by atoms with van der Waals surface area (Å²) in [7, 11) is 1.42. The molecule has 1 aromatic rings. The van der Waals surface area contributed by atoms with Crippen molar-refractivity contribution >= 4 is 5.97 Å². The summed E-state index contributed by atoms with van der Waals surface area (Å²) in [5.41, 5.74) is 0. The van der Waals surface area contributed by atoms with E-state index in [1.165, 1.54) is 7.11 Å². The first-order chi connectivity index (χ1) is 8.24. The van der Waals surface area contributed by atoms with E-state index in [2.05, 4.69) is 10.1 Å². The van der Waals surface area contributed by atoms with Gasteiger partial charge >= 0.3 is 5.97 Å². The quantitative estimate of drug-likeness (QED) is 0.723. The van der Waals surface area contributed by atoms with E-state index in [1.54, 1.807) is 0 Å². The van der Waals surface area contributed by atoms with E-state index in [9.17, 15) is 4.79 Å². The first-order valence-corrected chi connectivity index (χ1v) is 5.88. The van der Waals surface area contributed by atoms with Gasteiger partial charge in [0.1, 0.15) is 6.04 Å². The van der Waals surface area contributed by atoms with Crippen LogP contribution in [0.4, 0.5) is 0 Å². The van der Waals surface area contributed by atoms with Crippen LogP contribution in [0.25, 0.3) is 0 Å². The first kappa shape index (κ1) is 12.0. The molecule has 2 rings (SSSR count). The van der Waals surface area contributed by atoms with Crippen LogP contribution < -0.4 is 0 Å². The van der Waals surface area contributed by atoms with Crippen LogP contribution in [-0.4, -0.2) is 40.7 Å². The van der Waals surface area contributed by atoms with Gasteiger partial charge in [-0.05, 0) is 19.4 Å². The molecule has 0 amide bonds. The van der Waals surface area contributed by atoms with Crippen LogP contribution in [0.1, 0.15) is 31.5 Å². The number of carbonyl (C=O) groups excluding carboxylic acids is 1. The number of hydrogen-bond donors (Lipinski definition) is 0. The summed E-state index contributed by atoms with van der Waals surface area (Å²) < 4.78 is 9.83. The maximum atomic E-state index is 11.5. The molecule has 0 radical (unpaired) electrons. The van der Waals surface area contributed by atoms with Gasteiger partial charge in [-0.2, -0.15) is 4.98 Å². The maximum absolute atomic E-state index is 11.5. The van der Waals surface area contributed by atoms with Crippen LogP contribution in [0.3, 0.4) is 0 Å². The number of esters is 1. The van der Waals surface area contributed by atoms with Crippen LogP contribution in [-0.2, 0) is 22.5 Å². The van der Waals surface area contributed by atoms with Crippen LogP contribution >= 0.6 is 0 Å². The Kier molecular flexibility index (Phi) is 3.73. The number of likely N-dealkylation sites (tertiary alicyclic amines) is 1. The number of hydrogen-bond acceptors (Lipinski definition) is 6. The predicted octanol–water partition coefficient (Wildman–Crippen LogP) is 0.769. The van der Waals surface area contributed by atoms with Crippen molar-refractivity contribution in [2.45, 2.75) is 38.8 Å². The number of rotatable bonds is 4. The third-order valence-electron chi connectivity index (χ3n) is 2.99. The third kappa shape index (κ3) is 2.63. The van der Waals surface area contributed by atoms with Crippen molar-refractivity contribution in [3.63, 3.8) is 0 Å². The van der Waals surface area contributed by atoms with Gasteiger partial charge in [0.05, 0.1) is 13.7 Å². The molecule has 1 fully saturated rings. The lowest BCUT2D eigenvalue weighted by molar-refractivity contribution is -0.146. The highest BCUT2D eigenvalue weighted by Gasteiger charge is 2.32. The molecule has 0 saturated carbocycles. The Labute approximate surface area is 99.9 Å². The lowest BCUT2D eigenvalue weighted by atomic mass is 10.2. The Morgan fingerprint density at radius 2 is 2.47 bits per heavy atom. The van der Waals surface area contributed by atoms with Gasteiger partial charge in [0.2, 0.25) is 5.89 Å². The Morgan fingerprint density at radius 3 is 3.12 bits per heavy atom. The molecule has 6 heteroatoms. The molecule has 0 aromatic carbocycles. The molecule has 0 aliphatic carbocycles. The molecule has 6 nitrogen and oxygen atoms in total. The predicted molar refractivity (Wildman–Crippen MR) is 59.1 cm³/mol. The van der Waals surface area contributed by atoms with Gasteiger partial charge < -0.3 is 9.26 Å². The van der Waals surface area contributed by atoms with E-state index in [-0.39, 0.29) is 12.0 Å². The zero-order chi connectivity index (χ0) is 12.3. The normalized spacial score (nSPS) is 20.7. The van der Waals surface area contributed by atoms with Gasteiger partial charge in [0.25, 0.3) is 0 Å². The smallest absolute Gasteiger partial charge is 0.323 e. The minimum Gasteiger partial charge on any atom is -0.468 e.